The Morgan fingerprint density at radius 3 is 2.90 bits per heavy atom. The highest BCUT2D eigenvalue weighted by molar-refractivity contribution is 5.85. The lowest BCUT2D eigenvalue weighted by molar-refractivity contribution is 0.0144. The van der Waals surface area contributed by atoms with Gasteiger partial charge in [-0.05, 0) is 30.0 Å². The van der Waals surface area contributed by atoms with Crippen molar-refractivity contribution >= 4 is 10.8 Å². The van der Waals surface area contributed by atoms with Gasteiger partial charge < -0.3 is 10.1 Å². The van der Waals surface area contributed by atoms with E-state index in [1.807, 2.05) is 37.4 Å². The van der Waals surface area contributed by atoms with E-state index in [4.69, 9.17) is 4.74 Å². The van der Waals surface area contributed by atoms with Gasteiger partial charge in [0.05, 0.1) is 0 Å². The lowest BCUT2D eigenvalue weighted by atomic mass is 9.98. The van der Waals surface area contributed by atoms with Crippen molar-refractivity contribution in [2.75, 3.05) is 19.8 Å². The molecule has 0 aliphatic heterocycles. The first kappa shape index (κ1) is 15.8. The van der Waals surface area contributed by atoms with E-state index < -0.39 is 13.0 Å². The van der Waals surface area contributed by atoms with E-state index in [0.717, 1.165) is 22.9 Å². The Hall–Kier alpha value is -1.59. The average molecular weight is 294 g/mol. The number of nitrogens with one attached hydrogen (secondary N) is 1. The van der Waals surface area contributed by atoms with Crippen LogP contribution in [0.1, 0.15) is 24.9 Å². The SMILES string of the molecule is CCNC(CCOCC(F)F)c1cccc2ccncc12. The first-order valence-electron chi connectivity index (χ1n) is 7.14. The van der Waals surface area contributed by atoms with Crippen molar-refractivity contribution in [3.05, 3.63) is 42.2 Å². The molecule has 1 atom stereocenters. The molecule has 2 rings (SSSR count). The molecule has 0 spiro atoms. The Morgan fingerprint density at radius 1 is 1.29 bits per heavy atom. The van der Waals surface area contributed by atoms with Crippen molar-refractivity contribution in [2.45, 2.75) is 25.8 Å². The van der Waals surface area contributed by atoms with E-state index in [-0.39, 0.29) is 6.04 Å². The number of aromatic nitrogens is 1. The van der Waals surface area contributed by atoms with Gasteiger partial charge >= 0.3 is 0 Å². The summed E-state index contributed by atoms with van der Waals surface area (Å²) in [6, 6.07) is 8.12. The Labute approximate surface area is 123 Å². The van der Waals surface area contributed by atoms with Crippen molar-refractivity contribution in [1.29, 1.82) is 0 Å². The molecule has 0 fully saturated rings. The summed E-state index contributed by atoms with van der Waals surface area (Å²) >= 11 is 0. The molecular formula is C16H20F2N2O. The van der Waals surface area contributed by atoms with Crippen LogP contribution in [-0.4, -0.2) is 31.2 Å². The van der Waals surface area contributed by atoms with Gasteiger partial charge in [-0.3, -0.25) is 4.98 Å². The molecule has 1 N–H and O–H groups in total. The van der Waals surface area contributed by atoms with E-state index >= 15 is 0 Å². The first-order chi connectivity index (χ1) is 10.2. The molecule has 5 heteroatoms. The van der Waals surface area contributed by atoms with Crippen LogP contribution in [0.2, 0.25) is 0 Å². The summed E-state index contributed by atoms with van der Waals surface area (Å²) < 4.78 is 29.2. The zero-order chi connectivity index (χ0) is 15.1. The van der Waals surface area contributed by atoms with Gasteiger partial charge in [0.25, 0.3) is 6.43 Å². The summed E-state index contributed by atoms with van der Waals surface area (Å²) in [5, 5.41) is 5.59. The van der Waals surface area contributed by atoms with Gasteiger partial charge in [0.2, 0.25) is 0 Å². The fourth-order valence-electron chi connectivity index (χ4n) is 2.43. The largest absolute Gasteiger partial charge is 0.375 e. The number of halogens is 2. The van der Waals surface area contributed by atoms with E-state index in [1.165, 1.54) is 0 Å². The molecule has 0 amide bonds. The molecule has 0 radical (unpaired) electrons. The van der Waals surface area contributed by atoms with E-state index in [1.54, 1.807) is 6.20 Å². The van der Waals surface area contributed by atoms with Gasteiger partial charge in [-0.2, -0.15) is 0 Å². The number of benzene rings is 1. The van der Waals surface area contributed by atoms with E-state index in [9.17, 15) is 8.78 Å². The van der Waals surface area contributed by atoms with Crippen LogP contribution in [-0.2, 0) is 4.74 Å². The lowest BCUT2D eigenvalue weighted by Gasteiger charge is -2.20. The third-order valence-electron chi connectivity index (χ3n) is 3.34. The number of nitrogens with zero attached hydrogens (tertiary/aromatic N) is 1. The third kappa shape index (κ3) is 4.44. The highest BCUT2D eigenvalue weighted by atomic mass is 19.3. The highest BCUT2D eigenvalue weighted by Gasteiger charge is 2.14. The summed E-state index contributed by atoms with van der Waals surface area (Å²) in [4.78, 5) is 4.18. The van der Waals surface area contributed by atoms with Crippen LogP contribution in [0.25, 0.3) is 10.8 Å². The predicted octanol–water partition coefficient (Wildman–Crippen LogP) is 3.56. The Bertz CT molecular complexity index is 557. The number of rotatable bonds is 8. The van der Waals surface area contributed by atoms with Gasteiger partial charge in [-0.1, -0.05) is 25.1 Å². The van der Waals surface area contributed by atoms with Gasteiger partial charge in [0.15, 0.2) is 0 Å². The summed E-state index contributed by atoms with van der Waals surface area (Å²) in [5.74, 6) is 0. The molecule has 114 valence electrons. The Kier molecular flexibility index (Phi) is 6.02. The second kappa shape index (κ2) is 8.00. The minimum atomic E-state index is -2.41. The number of hydrogen-bond acceptors (Lipinski definition) is 3. The molecule has 0 saturated heterocycles. The third-order valence-corrected chi connectivity index (χ3v) is 3.34. The van der Waals surface area contributed by atoms with Crippen LogP contribution in [0.3, 0.4) is 0 Å². The van der Waals surface area contributed by atoms with Crippen LogP contribution < -0.4 is 5.32 Å². The molecule has 0 aliphatic rings. The second-order valence-electron chi connectivity index (χ2n) is 4.81. The Morgan fingerprint density at radius 2 is 2.14 bits per heavy atom. The van der Waals surface area contributed by atoms with Crippen LogP contribution in [0.4, 0.5) is 8.78 Å². The first-order valence-corrected chi connectivity index (χ1v) is 7.14. The number of ether oxygens (including phenoxy) is 1. The summed E-state index contributed by atoms with van der Waals surface area (Å²) in [6.07, 6.45) is 1.84. The lowest BCUT2D eigenvalue weighted by Crippen LogP contribution is -2.23. The van der Waals surface area contributed by atoms with Crippen molar-refractivity contribution in [3.63, 3.8) is 0 Å². The van der Waals surface area contributed by atoms with Gasteiger partial charge in [0.1, 0.15) is 6.61 Å². The average Bonchev–Trinajstić information content (AvgIpc) is 2.49. The zero-order valence-electron chi connectivity index (χ0n) is 12.1. The summed E-state index contributed by atoms with van der Waals surface area (Å²) in [7, 11) is 0. The molecule has 0 bridgehead atoms. The van der Waals surface area contributed by atoms with Crippen LogP contribution >= 0.6 is 0 Å². The number of hydrogen-bond donors (Lipinski definition) is 1. The molecule has 2 aromatic rings. The van der Waals surface area contributed by atoms with E-state index in [2.05, 4.69) is 10.3 Å². The van der Waals surface area contributed by atoms with Gasteiger partial charge in [-0.15, -0.1) is 0 Å². The molecule has 1 heterocycles. The highest BCUT2D eigenvalue weighted by Crippen LogP contribution is 2.25. The maximum atomic E-state index is 12.1. The smallest absolute Gasteiger partial charge is 0.261 e. The van der Waals surface area contributed by atoms with Gasteiger partial charge in [-0.25, -0.2) is 8.78 Å². The van der Waals surface area contributed by atoms with Gasteiger partial charge in [0, 0.05) is 30.4 Å². The van der Waals surface area contributed by atoms with Crippen LogP contribution in [0.15, 0.2) is 36.7 Å². The van der Waals surface area contributed by atoms with Crippen molar-refractivity contribution in [2.24, 2.45) is 0 Å². The molecule has 1 aromatic carbocycles. The van der Waals surface area contributed by atoms with Crippen LogP contribution in [0.5, 0.6) is 0 Å². The van der Waals surface area contributed by atoms with Crippen molar-refractivity contribution in [3.8, 4) is 0 Å². The molecule has 1 aromatic heterocycles. The Balaban J connectivity index is 2.12. The second-order valence-corrected chi connectivity index (χ2v) is 4.81. The van der Waals surface area contributed by atoms with Crippen molar-refractivity contribution < 1.29 is 13.5 Å². The maximum absolute atomic E-state index is 12.1. The minimum Gasteiger partial charge on any atom is -0.375 e. The quantitative estimate of drug-likeness (QED) is 0.756. The topological polar surface area (TPSA) is 34.1 Å². The standard InChI is InChI=1S/C16H20F2N2O/c1-2-20-15(7-9-21-11-16(17)18)13-5-3-4-12-6-8-19-10-14(12)13/h3-6,8,10,15-16,20H,2,7,9,11H2,1H3. The zero-order valence-corrected chi connectivity index (χ0v) is 12.1. The predicted molar refractivity (Wildman–Crippen MR) is 79.6 cm³/mol. The minimum absolute atomic E-state index is 0.0700. The van der Waals surface area contributed by atoms with Crippen LogP contribution in [0, 0.1) is 0 Å². The number of pyridine rings is 1. The fourth-order valence-corrected chi connectivity index (χ4v) is 2.43. The maximum Gasteiger partial charge on any atom is 0.261 e. The van der Waals surface area contributed by atoms with E-state index in [0.29, 0.717) is 13.0 Å². The molecule has 1 unspecified atom stereocenters. The fraction of sp³-hybridized carbons (Fsp3) is 0.438. The molecule has 0 saturated carbocycles. The molecule has 3 nitrogen and oxygen atoms in total. The summed E-state index contributed by atoms with van der Waals surface area (Å²) in [6.45, 7) is 2.63. The van der Waals surface area contributed by atoms with Crippen molar-refractivity contribution in [1.82, 2.24) is 10.3 Å². The number of alkyl halides is 2. The molecule has 0 aliphatic carbocycles. The number of fused-ring (bicyclic) bond motifs is 1. The monoisotopic (exact) mass is 294 g/mol. The normalized spacial score (nSPS) is 13.0. The molecule has 21 heavy (non-hydrogen) atoms. The molecular weight excluding hydrogens is 274 g/mol. The summed E-state index contributed by atoms with van der Waals surface area (Å²) in [5.41, 5.74) is 1.13.